The van der Waals surface area contributed by atoms with Gasteiger partial charge in [-0.15, -0.1) is 0 Å². The number of likely N-dealkylation sites (tertiary alicyclic amines) is 1. The van der Waals surface area contributed by atoms with E-state index in [0.29, 0.717) is 66.9 Å². The highest BCUT2D eigenvalue weighted by Crippen LogP contribution is 2.31. The van der Waals surface area contributed by atoms with Crippen molar-refractivity contribution in [2.75, 3.05) is 19.8 Å². The van der Waals surface area contributed by atoms with Gasteiger partial charge in [0, 0.05) is 48.5 Å². The molecule has 0 aromatic heterocycles. The molecule has 3 atom stereocenters. The molecular formula is C31H45ClN4O6S. The molecule has 3 fully saturated rings. The second-order valence-electron chi connectivity index (χ2n) is 11.3. The van der Waals surface area contributed by atoms with Gasteiger partial charge >= 0.3 is 6.09 Å². The molecule has 2 aliphatic carbocycles. The molecule has 43 heavy (non-hydrogen) atoms. The number of nitrogens with one attached hydrogen (secondary N) is 2. The predicted octanol–water partition coefficient (Wildman–Crippen LogP) is 5.14. The molecule has 2 saturated carbocycles. The van der Waals surface area contributed by atoms with E-state index >= 15 is 0 Å². The molecule has 10 nitrogen and oxygen atoms in total. The molecule has 1 saturated heterocycles. The lowest BCUT2D eigenvalue weighted by Crippen LogP contribution is -2.33. The van der Waals surface area contributed by atoms with Crippen molar-refractivity contribution in [1.82, 2.24) is 19.8 Å². The number of benzene rings is 1. The van der Waals surface area contributed by atoms with Crippen LogP contribution in [0.25, 0.3) is 0 Å². The molecule has 2 unspecified atom stereocenters. The maximum Gasteiger partial charge on any atom is 0.407 e. The molecule has 238 valence electrons. The normalized spacial score (nSPS) is 22.0. The largest absolute Gasteiger partial charge is 0.465 e. The zero-order valence-electron chi connectivity index (χ0n) is 24.9. The first-order chi connectivity index (χ1) is 20.8. The summed E-state index contributed by atoms with van der Waals surface area (Å²) < 4.78 is 8.12. The highest BCUT2D eigenvalue weighted by Gasteiger charge is 2.34. The van der Waals surface area contributed by atoms with Crippen molar-refractivity contribution in [3.05, 3.63) is 46.5 Å². The number of rotatable bonds is 13. The van der Waals surface area contributed by atoms with E-state index in [1.54, 1.807) is 18.0 Å². The van der Waals surface area contributed by atoms with Crippen molar-refractivity contribution in [3.8, 4) is 0 Å². The number of halogens is 1. The Hall–Kier alpha value is -2.76. The lowest BCUT2D eigenvalue weighted by atomic mass is 10.0. The first kappa shape index (κ1) is 34.7. The Morgan fingerprint density at radius 3 is 2.58 bits per heavy atom. The molecule has 0 spiro atoms. The topological polar surface area (TPSA) is 128 Å². The molecule has 4 aliphatic rings. The summed E-state index contributed by atoms with van der Waals surface area (Å²) in [6, 6.07) is 6.28. The summed E-state index contributed by atoms with van der Waals surface area (Å²) in [6.07, 6.45) is 14.4. The van der Waals surface area contributed by atoms with Crippen molar-refractivity contribution >= 4 is 48.4 Å². The fourth-order valence-corrected chi connectivity index (χ4v) is 6.22. The molecule has 1 aromatic carbocycles. The van der Waals surface area contributed by atoms with Gasteiger partial charge in [-0.25, -0.2) is 4.79 Å². The third-order valence-corrected chi connectivity index (χ3v) is 9.44. The van der Waals surface area contributed by atoms with E-state index < -0.39 is 6.09 Å². The van der Waals surface area contributed by atoms with Gasteiger partial charge in [0.2, 0.25) is 18.7 Å². The quantitative estimate of drug-likeness (QED) is 0.118. The van der Waals surface area contributed by atoms with E-state index in [9.17, 15) is 19.2 Å². The number of hydrogen-bond donors (Lipinski definition) is 3. The Bertz CT molecular complexity index is 1090. The van der Waals surface area contributed by atoms with Crippen LogP contribution in [0.5, 0.6) is 0 Å². The van der Waals surface area contributed by atoms with Crippen molar-refractivity contribution in [2.45, 2.75) is 95.1 Å². The fourth-order valence-electron chi connectivity index (χ4n) is 5.14. The van der Waals surface area contributed by atoms with Gasteiger partial charge in [-0.1, -0.05) is 42.3 Å². The first-order valence-electron chi connectivity index (χ1n) is 15.2. The van der Waals surface area contributed by atoms with Crippen molar-refractivity contribution in [1.29, 1.82) is 0 Å². The average molecular weight is 637 g/mol. The SMILES string of the molecule is CC1CCCN1C(=O)CCCCOC/C=C\[C@@H]1CC1NC=O.O=C(O)N1Cc2cccc(Cl)c2C1.O=CNSC1CCC1. The van der Waals surface area contributed by atoms with Crippen LogP contribution in [-0.4, -0.2) is 76.8 Å². The van der Waals surface area contributed by atoms with Crippen LogP contribution in [0, 0.1) is 5.92 Å². The molecule has 2 heterocycles. The van der Waals surface area contributed by atoms with Gasteiger partial charge in [0.1, 0.15) is 0 Å². The predicted molar refractivity (Wildman–Crippen MR) is 168 cm³/mol. The van der Waals surface area contributed by atoms with Crippen molar-refractivity contribution < 1.29 is 29.0 Å². The summed E-state index contributed by atoms with van der Waals surface area (Å²) in [5, 5.41) is 12.9. The van der Waals surface area contributed by atoms with Crippen LogP contribution in [0.4, 0.5) is 4.79 Å². The van der Waals surface area contributed by atoms with Crippen LogP contribution in [0.15, 0.2) is 30.4 Å². The number of carbonyl (C=O) groups is 4. The number of carboxylic acid groups (broad SMARTS) is 1. The maximum atomic E-state index is 12.0. The summed E-state index contributed by atoms with van der Waals surface area (Å²) in [5.74, 6) is 0.779. The molecule has 3 N–H and O–H groups in total. The van der Waals surface area contributed by atoms with E-state index in [2.05, 4.69) is 23.0 Å². The lowest BCUT2D eigenvalue weighted by Gasteiger charge is -2.22. The molecule has 2 aliphatic heterocycles. The third-order valence-electron chi connectivity index (χ3n) is 8.05. The minimum Gasteiger partial charge on any atom is -0.465 e. The second-order valence-corrected chi connectivity index (χ2v) is 12.8. The number of unbranched alkanes of at least 4 members (excludes halogenated alkanes) is 1. The van der Waals surface area contributed by atoms with Crippen LogP contribution >= 0.6 is 23.5 Å². The van der Waals surface area contributed by atoms with Gasteiger partial charge in [-0.05, 0) is 86.9 Å². The first-order valence-corrected chi connectivity index (χ1v) is 16.4. The monoisotopic (exact) mass is 636 g/mol. The second kappa shape index (κ2) is 18.8. The molecular weight excluding hydrogens is 592 g/mol. The highest BCUT2D eigenvalue weighted by molar-refractivity contribution is 7.98. The summed E-state index contributed by atoms with van der Waals surface area (Å²) in [4.78, 5) is 46.0. The standard InChI is InChI=1S/C17H28N2O3.C9H8ClNO2.C5H9NOS/c1-14-6-4-9-19(14)17(21)8-2-3-10-22-11-5-7-15-12-16(15)18-13-20;10-8-3-1-2-6-4-11(9(12)13)5-7(6)8;7-4-6-8-5-2-1-3-5/h5,7,13-16H,2-4,6,8-12H2,1H3,(H,18,20);1-3H,4-5H2,(H,12,13);4-5H,1-3H2,(H,6,7)/b7-5-;;/t14?,15-,16?;;/m1../s1. The number of nitrogens with zero attached hydrogens (tertiary/aromatic N) is 2. The molecule has 5 rings (SSSR count). The van der Waals surface area contributed by atoms with Crippen LogP contribution < -0.4 is 10.0 Å². The zero-order chi connectivity index (χ0) is 31.0. The smallest absolute Gasteiger partial charge is 0.407 e. The van der Waals surface area contributed by atoms with E-state index in [1.807, 2.05) is 23.1 Å². The van der Waals surface area contributed by atoms with Gasteiger partial charge in [0.05, 0.1) is 13.2 Å². The zero-order valence-corrected chi connectivity index (χ0v) is 26.5. The minimum absolute atomic E-state index is 0.298. The van der Waals surface area contributed by atoms with Gasteiger partial charge in [0.25, 0.3) is 0 Å². The van der Waals surface area contributed by atoms with E-state index in [0.717, 1.165) is 62.6 Å². The Kier molecular flexibility index (Phi) is 15.2. The number of hydrogen-bond acceptors (Lipinski definition) is 6. The molecule has 0 radical (unpaired) electrons. The molecule has 1 aromatic rings. The number of carbonyl (C=O) groups excluding carboxylic acids is 3. The Morgan fingerprint density at radius 2 is 1.95 bits per heavy atom. The van der Waals surface area contributed by atoms with E-state index in [4.69, 9.17) is 21.4 Å². The minimum atomic E-state index is -0.896. The van der Waals surface area contributed by atoms with Crippen molar-refractivity contribution in [3.63, 3.8) is 0 Å². The van der Waals surface area contributed by atoms with Gasteiger partial charge < -0.3 is 24.8 Å². The average Bonchev–Trinajstić information content (AvgIpc) is 3.32. The Morgan fingerprint density at radius 1 is 1.14 bits per heavy atom. The van der Waals surface area contributed by atoms with E-state index in [-0.39, 0.29) is 0 Å². The van der Waals surface area contributed by atoms with Crippen LogP contribution in [0.3, 0.4) is 0 Å². The van der Waals surface area contributed by atoms with E-state index in [1.165, 1.54) is 24.2 Å². The molecule has 0 bridgehead atoms. The summed E-state index contributed by atoms with van der Waals surface area (Å²) in [7, 11) is 0. The number of fused-ring (bicyclic) bond motifs is 1. The van der Waals surface area contributed by atoms with Crippen LogP contribution in [-0.2, 0) is 32.2 Å². The molecule has 12 heteroatoms. The summed E-state index contributed by atoms with van der Waals surface area (Å²) >= 11 is 7.47. The number of amides is 4. The number of ether oxygens (including phenoxy) is 1. The Balaban J connectivity index is 0.000000201. The lowest BCUT2D eigenvalue weighted by molar-refractivity contribution is -0.131. The molecule has 4 amide bonds. The maximum absolute atomic E-state index is 12.0. The van der Waals surface area contributed by atoms with Gasteiger partial charge in [-0.3, -0.25) is 19.3 Å². The van der Waals surface area contributed by atoms with Crippen LogP contribution in [0.1, 0.15) is 75.8 Å². The van der Waals surface area contributed by atoms with Crippen LogP contribution in [0.2, 0.25) is 5.02 Å². The summed E-state index contributed by atoms with van der Waals surface area (Å²) in [5.41, 5.74) is 1.95. The highest BCUT2D eigenvalue weighted by atomic mass is 35.5. The van der Waals surface area contributed by atoms with Gasteiger partial charge in [-0.2, -0.15) is 0 Å². The van der Waals surface area contributed by atoms with Crippen molar-refractivity contribution in [2.24, 2.45) is 5.92 Å². The fraction of sp³-hybridized carbons (Fsp3) is 0.613. The summed E-state index contributed by atoms with van der Waals surface area (Å²) in [6.45, 7) is 5.24. The third kappa shape index (κ3) is 12.0. The van der Waals surface area contributed by atoms with Gasteiger partial charge in [0.15, 0.2) is 0 Å². The Labute approximate surface area is 264 Å².